The van der Waals surface area contributed by atoms with Crippen LogP contribution in [0, 0.1) is 0 Å². The molecule has 0 aromatic heterocycles. The van der Waals surface area contributed by atoms with E-state index < -0.39 is 0 Å². The first-order chi connectivity index (χ1) is 9.86. The van der Waals surface area contributed by atoms with Crippen LogP contribution >= 0.6 is 0 Å². The maximum Gasteiger partial charge on any atom is 0.120 e. The summed E-state index contributed by atoms with van der Waals surface area (Å²) in [5.74, 6) is 0.789. The number of aliphatic hydroxyl groups excluding tert-OH is 1. The second-order valence-electron chi connectivity index (χ2n) is 4.74. The van der Waals surface area contributed by atoms with Gasteiger partial charge in [-0.2, -0.15) is 0 Å². The number of aliphatic hydroxyl groups is 1. The van der Waals surface area contributed by atoms with Gasteiger partial charge in [0.15, 0.2) is 0 Å². The zero-order valence-electron chi connectivity index (χ0n) is 11.1. The molecule has 0 fully saturated rings. The van der Waals surface area contributed by atoms with E-state index >= 15 is 0 Å². The Kier molecular flexibility index (Phi) is 3.66. The first-order valence-electron chi connectivity index (χ1n) is 6.66. The van der Waals surface area contributed by atoms with E-state index in [2.05, 4.69) is 0 Å². The Bertz CT molecular complexity index is 705. The highest BCUT2D eigenvalue weighted by Crippen LogP contribution is 2.26. The average molecular weight is 264 g/mol. The molecule has 0 amide bonds. The van der Waals surface area contributed by atoms with Crippen molar-refractivity contribution in [1.29, 1.82) is 0 Å². The van der Waals surface area contributed by atoms with Gasteiger partial charge in [0.05, 0.1) is 6.61 Å². The zero-order valence-corrected chi connectivity index (χ0v) is 11.1. The predicted molar refractivity (Wildman–Crippen MR) is 80.6 cm³/mol. The number of ether oxygens (including phenoxy) is 1. The van der Waals surface area contributed by atoms with Crippen LogP contribution in [0.4, 0.5) is 0 Å². The molecule has 0 heterocycles. The second kappa shape index (κ2) is 5.76. The van der Waals surface area contributed by atoms with E-state index in [0.717, 1.165) is 27.6 Å². The molecule has 0 spiro atoms. The number of rotatable bonds is 4. The van der Waals surface area contributed by atoms with Gasteiger partial charge >= 0.3 is 0 Å². The highest BCUT2D eigenvalue weighted by Gasteiger charge is 2.04. The van der Waals surface area contributed by atoms with Gasteiger partial charge in [-0.25, -0.2) is 0 Å². The van der Waals surface area contributed by atoms with Gasteiger partial charge in [-0.15, -0.1) is 0 Å². The monoisotopic (exact) mass is 264 g/mol. The van der Waals surface area contributed by atoms with E-state index in [1.165, 1.54) is 0 Å². The Hall–Kier alpha value is -2.32. The van der Waals surface area contributed by atoms with Gasteiger partial charge in [0.25, 0.3) is 0 Å². The van der Waals surface area contributed by atoms with E-state index in [4.69, 9.17) is 4.74 Å². The van der Waals surface area contributed by atoms with Crippen molar-refractivity contribution in [2.45, 2.75) is 13.2 Å². The minimum absolute atomic E-state index is 0.0169. The standard InChI is InChI=1S/C18H16O2/c19-12-16-11-17(10-15-8-4-5-9-18(15)16)20-13-14-6-2-1-3-7-14/h1-11,19H,12-13H2. The number of benzene rings is 3. The van der Waals surface area contributed by atoms with Gasteiger partial charge in [-0.05, 0) is 34.0 Å². The van der Waals surface area contributed by atoms with Crippen LogP contribution in [0.15, 0.2) is 66.7 Å². The molecule has 3 rings (SSSR count). The average Bonchev–Trinajstić information content (AvgIpc) is 2.53. The summed E-state index contributed by atoms with van der Waals surface area (Å²) >= 11 is 0. The quantitative estimate of drug-likeness (QED) is 0.774. The Labute approximate surface area is 118 Å². The fourth-order valence-electron chi connectivity index (χ4n) is 2.31. The molecule has 2 heteroatoms. The van der Waals surface area contributed by atoms with Crippen molar-refractivity contribution in [3.63, 3.8) is 0 Å². The smallest absolute Gasteiger partial charge is 0.120 e. The first-order valence-corrected chi connectivity index (χ1v) is 6.66. The first kappa shape index (κ1) is 12.7. The SMILES string of the molecule is OCc1cc(OCc2ccccc2)cc2ccccc12. The van der Waals surface area contributed by atoms with E-state index in [-0.39, 0.29) is 6.61 Å². The molecule has 0 aliphatic rings. The molecule has 2 nitrogen and oxygen atoms in total. The Morgan fingerprint density at radius 2 is 1.60 bits per heavy atom. The van der Waals surface area contributed by atoms with Crippen molar-refractivity contribution in [2.24, 2.45) is 0 Å². The second-order valence-corrected chi connectivity index (χ2v) is 4.74. The van der Waals surface area contributed by atoms with E-state index in [9.17, 15) is 5.11 Å². The van der Waals surface area contributed by atoms with E-state index in [0.29, 0.717) is 6.61 Å². The summed E-state index contributed by atoms with van der Waals surface area (Å²) < 4.78 is 5.83. The number of fused-ring (bicyclic) bond motifs is 1. The zero-order chi connectivity index (χ0) is 13.8. The third kappa shape index (κ3) is 2.65. The summed E-state index contributed by atoms with van der Waals surface area (Å²) in [6.45, 7) is 0.549. The molecular weight excluding hydrogens is 248 g/mol. The van der Waals surface area contributed by atoms with Crippen LogP contribution in [-0.2, 0) is 13.2 Å². The third-order valence-corrected chi connectivity index (χ3v) is 3.34. The van der Waals surface area contributed by atoms with E-state index in [1.807, 2.05) is 66.7 Å². The van der Waals surface area contributed by atoms with Crippen molar-refractivity contribution < 1.29 is 9.84 Å². The molecule has 100 valence electrons. The fourth-order valence-corrected chi connectivity index (χ4v) is 2.31. The minimum Gasteiger partial charge on any atom is -0.489 e. The van der Waals surface area contributed by atoms with Crippen molar-refractivity contribution in [3.8, 4) is 5.75 Å². The molecule has 1 N–H and O–H groups in total. The van der Waals surface area contributed by atoms with Crippen LogP contribution in [-0.4, -0.2) is 5.11 Å². The van der Waals surface area contributed by atoms with Crippen LogP contribution in [0.25, 0.3) is 10.8 Å². The molecule has 0 aliphatic carbocycles. The normalized spacial score (nSPS) is 10.7. The largest absolute Gasteiger partial charge is 0.489 e. The van der Waals surface area contributed by atoms with Gasteiger partial charge in [0.2, 0.25) is 0 Å². The molecular formula is C18H16O2. The van der Waals surface area contributed by atoms with Crippen molar-refractivity contribution in [1.82, 2.24) is 0 Å². The van der Waals surface area contributed by atoms with Crippen LogP contribution in [0.3, 0.4) is 0 Å². The molecule has 3 aromatic rings. The molecule has 0 saturated heterocycles. The summed E-state index contributed by atoms with van der Waals surface area (Å²) in [7, 11) is 0. The lowest BCUT2D eigenvalue weighted by Gasteiger charge is -2.10. The lowest BCUT2D eigenvalue weighted by Crippen LogP contribution is -1.96. The van der Waals surface area contributed by atoms with Gasteiger partial charge in [-0.1, -0.05) is 54.6 Å². The Balaban J connectivity index is 1.88. The van der Waals surface area contributed by atoms with Crippen LogP contribution < -0.4 is 4.74 Å². The number of hydrogen-bond donors (Lipinski definition) is 1. The van der Waals surface area contributed by atoms with Gasteiger partial charge in [0.1, 0.15) is 12.4 Å². The maximum absolute atomic E-state index is 9.49. The van der Waals surface area contributed by atoms with Gasteiger partial charge in [0, 0.05) is 0 Å². The molecule has 0 aliphatic heterocycles. The number of hydrogen-bond acceptors (Lipinski definition) is 2. The molecule has 3 aromatic carbocycles. The summed E-state index contributed by atoms with van der Waals surface area (Å²) in [5, 5.41) is 11.6. The summed E-state index contributed by atoms with van der Waals surface area (Å²) in [6.07, 6.45) is 0. The molecule has 0 atom stereocenters. The van der Waals surface area contributed by atoms with Crippen molar-refractivity contribution in [2.75, 3.05) is 0 Å². The molecule has 0 saturated carbocycles. The van der Waals surface area contributed by atoms with Crippen LogP contribution in [0.1, 0.15) is 11.1 Å². The topological polar surface area (TPSA) is 29.5 Å². The van der Waals surface area contributed by atoms with E-state index in [1.54, 1.807) is 0 Å². The summed E-state index contributed by atoms with van der Waals surface area (Å²) in [4.78, 5) is 0. The lowest BCUT2D eigenvalue weighted by molar-refractivity contribution is 0.279. The maximum atomic E-state index is 9.49. The van der Waals surface area contributed by atoms with Crippen molar-refractivity contribution >= 4 is 10.8 Å². The molecule has 0 bridgehead atoms. The lowest BCUT2D eigenvalue weighted by atomic mass is 10.0. The molecule has 0 unspecified atom stereocenters. The van der Waals surface area contributed by atoms with Crippen LogP contribution in [0.5, 0.6) is 5.75 Å². The molecule has 0 radical (unpaired) electrons. The van der Waals surface area contributed by atoms with Crippen LogP contribution in [0.2, 0.25) is 0 Å². The Morgan fingerprint density at radius 3 is 2.40 bits per heavy atom. The fraction of sp³-hybridized carbons (Fsp3) is 0.111. The Morgan fingerprint density at radius 1 is 0.850 bits per heavy atom. The third-order valence-electron chi connectivity index (χ3n) is 3.34. The highest BCUT2D eigenvalue weighted by atomic mass is 16.5. The van der Waals surface area contributed by atoms with Gasteiger partial charge in [-0.3, -0.25) is 0 Å². The highest BCUT2D eigenvalue weighted by molar-refractivity contribution is 5.87. The summed E-state index contributed by atoms with van der Waals surface area (Å²) in [5.41, 5.74) is 2.03. The predicted octanol–water partition coefficient (Wildman–Crippen LogP) is 3.91. The summed E-state index contributed by atoms with van der Waals surface area (Å²) in [6, 6.07) is 22.0. The minimum atomic E-state index is 0.0169. The molecule has 20 heavy (non-hydrogen) atoms. The van der Waals surface area contributed by atoms with Gasteiger partial charge < -0.3 is 9.84 Å². The van der Waals surface area contributed by atoms with Crippen molar-refractivity contribution in [3.05, 3.63) is 77.9 Å².